The molecule has 0 aliphatic rings. The van der Waals surface area contributed by atoms with Crippen LogP contribution in [0.25, 0.3) is 10.9 Å². The van der Waals surface area contributed by atoms with E-state index in [1.165, 1.54) is 22.2 Å². The molecule has 98 valence electrons. The molecule has 2 N–H and O–H groups in total. The summed E-state index contributed by atoms with van der Waals surface area (Å²) < 4.78 is 3.59. The molecule has 2 aromatic rings. The van der Waals surface area contributed by atoms with Crippen molar-refractivity contribution in [3.05, 3.63) is 33.9 Å². The van der Waals surface area contributed by atoms with Crippen LogP contribution in [0.2, 0.25) is 0 Å². The monoisotopic (exact) mass is 308 g/mol. The molecule has 2 rings (SSSR count). The van der Waals surface area contributed by atoms with Gasteiger partial charge in [-0.05, 0) is 50.9 Å². The quantitative estimate of drug-likeness (QED) is 0.902. The van der Waals surface area contributed by atoms with Gasteiger partial charge < -0.3 is 10.3 Å². The van der Waals surface area contributed by atoms with Crippen molar-refractivity contribution in [3.8, 4) is 0 Å². The van der Waals surface area contributed by atoms with Crippen molar-refractivity contribution >= 4 is 26.8 Å². The molecule has 1 aromatic heterocycles. The zero-order chi connectivity index (χ0) is 13.3. The van der Waals surface area contributed by atoms with Crippen LogP contribution in [0.1, 0.15) is 37.6 Å². The number of halogens is 1. The van der Waals surface area contributed by atoms with Gasteiger partial charge in [-0.1, -0.05) is 28.9 Å². The Hall–Kier alpha value is -0.800. The van der Waals surface area contributed by atoms with Crippen molar-refractivity contribution in [1.82, 2.24) is 4.57 Å². The first kappa shape index (κ1) is 13.6. The lowest BCUT2D eigenvalue weighted by Crippen LogP contribution is -2.08. The van der Waals surface area contributed by atoms with Crippen LogP contribution in [0, 0.1) is 6.92 Å². The van der Waals surface area contributed by atoms with Crippen molar-refractivity contribution in [2.75, 3.05) is 6.54 Å². The van der Waals surface area contributed by atoms with Crippen LogP contribution in [-0.4, -0.2) is 11.1 Å². The van der Waals surface area contributed by atoms with Gasteiger partial charge in [0.15, 0.2) is 0 Å². The molecule has 2 nitrogen and oxygen atoms in total. The number of aromatic nitrogens is 1. The van der Waals surface area contributed by atoms with Gasteiger partial charge in [-0.2, -0.15) is 0 Å². The van der Waals surface area contributed by atoms with E-state index in [0.717, 1.165) is 17.3 Å². The van der Waals surface area contributed by atoms with E-state index >= 15 is 0 Å². The van der Waals surface area contributed by atoms with Crippen molar-refractivity contribution < 1.29 is 0 Å². The summed E-state index contributed by atoms with van der Waals surface area (Å²) in [5, 5.41) is 1.35. The number of nitrogens with two attached hydrogens (primary N) is 1. The number of fused-ring (bicyclic) bond motifs is 1. The Labute approximate surface area is 117 Å². The van der Waals surface area contributed by atoms with Gasteiger partial charge in [-0.25, -0.2) is 0 Å². The largest absolute Gasteiger partial charge is 0.342 e. The Morgan fingerprint density at radius 3 is 2.72 bits per heavy atom. The Morgan fingerprint density at radius 1 is 1.39 bits per heavy atom. The molecule has 1 unspecified atom stereocenters. The standard InChI is InChI=1S/C15H21BrN2/c1-4-10(2)18-11(3)13(7-8-17)14-6-5-12(16)9-15(14)18/h5-6,9-10H,4,7-8,17H2,1-3H3. The molecule has 0 saturated heterocycles. The molecule has 1 atom stereocenters. The van der Waals surface area contributed by atoms with Crippen LogP contribution in [0.4, 0.5) is 0 Å². The first-order chi connectivity index (χ1) is 8.60. The summed E-state index contributed by atoms with van der Waals surface area (Å²) in [6, 6.07) is 7.06. The molecule has 0 amide bonds. The normalized spacial score (nSPS) is 13.2. The molecular weight excluding hydrogens is 288 g/mol. The zero-order valence-corrected chi connectivity index (χ0v) is 12.9. The van der Waals surface area contributed by atoms with E-state index in [4.69, 9.17) is 5.73 Å². The fraction of sp³-hybridized carbons (Fsp3) is 0.467. The molecule has 0 radical (unpaired) electrons. The van der Waals surface area contributed by atoms with Crippen LogP contribution < -0.4 is 5.73 Å². The molecule has 0 saturated carbocycles. The van der Waals surface area contributed by atoms with Crippen molar-refractivity contribution in [1.29, 1.82) is 0 Å². The van der Waals surface area contributed by atoms with E-state index in [2.05, 4.69) is 59.5 Å². The highest BCUT2D eigenvalue weighted by atomic mass is 79.9. The second kappa shape index (κ2) is 5.45. The van der Waals surface area contributed by atoms with E-state index in [1.807, 2.05) is 0 Å². The third kappa shape index (κ3) is 2.21. The molecule has 18 heavy (non-hydrogen) atoms. The summed E-state index contributed by atoms with van der Waals surface area (Å²) in [4.78, 5) is 0. The summed E-state index contributed by atoms with van der Waals surface area (Å²) in [5.41, 5.74) is 9.84. The van der Waals surface area contributed by atoms with Gasteiger partial charge in [-0.15, -0.1) is 0 Å². The first-order valence-electron chi connectivity index (χ1n) is 6.59. The Bertz CT molecular complexity index is 557. The number of benzene rings is 1. The third-order valence-corrected chi connectivity index (χ3v) is 4.26. The van der Waals surface area contributed by atoms with Gasteiger partial charge in [0.25, 0.3) is 0 Å². The fourth-order valence-electron chi connectivity index (χ4n) is 2.69. The highest BCUT2D eigenvalue weighted by Gasteiger charge is 2.16. The van der Waals surface area contributed by atoms with Gasteiger partial charge in [-0.3, -0.25) is 0 Å². The minimum Gasteiger partial charge on any atom is -0.342 e. The minimum atomic E-state index is 0.522. The molecule has 0 aliphatic carbocycles. The number of hydrogen-bond donors (Lipinski definition) is 1. The zero-order valence-electron chi connectivity index (χ0n) is 11.3. The van der Waals surface area contributed by atoms with Crippen molar-refractivity contribution in [2.24, 2.45) is 5.73 Å². The van der Waals surface area contributed by atoms with Gasteiger partial charge >= 0.3 is 0 Å². The average molecular weight is 309 g/mol. The smallest absolute Gasteiger partial charge is 0.0499 e. The summed E-state index contributed by atoms with van der Waals surface area (Å²) in [7, 11) is 0. The molecule has 0 spiro atoms. The predicted molar refractivity (Wildman–Crippen MR) is 82.1 cm³/mol. The Kier molecular flexibility index (Phi) is 4.13. The maximum Gasteiger partial charge on any atom is 0.0499 e. The minimum absolute atomic E-state index is 0.522. The molecule has 0 aliphatic heterocycles. The van der Waals surface area contributed by atoms with Crippen LogP contribution in [-0.2, 0) is 6.42 Å². The average Bonchev–Trinajstić information content (AvgIpc) is 2.62. The maximum absolute atomic E-state index is 5.75. The summed E-state index contributed by atoms with van der Waals surface area (Å²) >= 11 is 3.57. The van der Waals surface area contributed by atoms with Gasteiger partial charge in [0.1, 0.15) is 0 Å². The van der Waals surface area contributed by atoms with E-state index in [-0.39, 0.29) is 0 Å². The summed E-state index contributed by atoms with van der Waals surface area (Å²) in [5.74, 6) is 0. The lowest BCUT2D eigenvalue weighted by atomic mass is 10.1. The van der Waals surface area contributed by atoms with E-state index in [1.54, 1.807) is 0 Å². The molecule has 1 aromatic carbocycles. The molecule has 0 fully saturated rings. The Morgan fingerprint density at radius 2 is 2.11 bits per heavy atom. The highest BCUT2D eigenvalue weighted by molar-refractivity contribution is 9.10. The second-order valence-electron chi connectivity index (χ2n) is 4.89. The first-order valence-corrected chi connectivity index (χ1v) is 7.38. The summed E-state index contributed by atoms with van der Waals surface area (Å²) in [6.45, 7) is 7.43. The maximum atomic E-state index is 5.75. The van der Waals surface area contributed by atoms with E-state index in [0.29, 0.717) is 12.6 Å². The highest BCUT2D eigenvalue weighted by Crippen LogP contribution is 2.32. The number of rotatable bonds is 4. The molecule has 0 bridgehead atoms. The summed E-state index contributed by atoms with van der Waals surface area (Å²) in [6.07, 6.45) is 2.09. The molecular formula is C15H21BrN2. The lowest BCUT2D eigenvalue weighted by Gasteiger charge is -2.16. The molecule has 1 heterocycles. The van der Waals surface area contributed by atoms with Crippen molar-refractivity contribution in [2.45, 2.75) is 39.7 Å². The van der Waals surface area contributed by atoms with Gasteiger partial charge in [0.2, 0.25) is 0 Å². The van der Waals surface area contributed by atoms with Crippen LogP contribution in [0.15, 0.2) is 22.7 Å². The van der Waals surface area contributed by atoms with E-state index in [9.17, 15) is 0 Å². The van der Waals surface area contributed by atoms with Crippen molar-refractivity contribution in [3.63, 3.8) is 0 Å². The number of nitrogens with zero attached hydrogens (tertiary/aromatic N) is 1. The lowest BCUT2D eigenvalue weighted by molar-refractivity contribution is 0.535. The third-order valence-electron chi connectivity index (χ3n) is 3.77. The predicted octanol–water partition coefficient (Wildman–Crippen LogP) is 4.18. The van der Waals surface area contributed by atoms with Gasteiger partial charge in [0.05, 0.1) is 0 Å². The topological polar surface area (TPSA) is 30.9 Å². The van der Waals surface area contributed by atoms with Crippen LogP contribution in [0.3, 0.4) is 0 Å². The number of hydrogen-bond acceptors (Lipinski definition) is 1. The van der Waals surface area contributed by atoms with E-state index < -0.39 is 0 Å². The molecule has 3 heteroatoms. The van der Waals surface area contributed by atoms with Crippen LogP contribution >= 0.6 is 15.9 Å². The van der Waals surface area contributed by atoms with Gasteiger partial charge in [0, 0.05) is 27.1 Å². The Balaban J connectivity index is 2.74. The van der Waals surface area contributed by atoms with Crippen LogP contribution in [0.5, 0.6) is 0 Å². The second-order valence-corrected chi connectivity index (χ2v) is 5.81. The SMILES string of the molecule is CCC(C)n1c(C)c(CCN)c2ccc(Br)cc21. The fourth-order valence-corrected chi connectivity index (χ4v) is 3.04.